The van der Waals surface area contributed by atoms with Gasteiger partial charge in [0.05, 0.1) is 25.4 Å². The summed E-state index contributed by atoms with van der Waals surface area (Å²) in [7, 11) is 1.55. The summed E-state index contributed by atoms with van der Waals surface area (Å²) in [6.45, 7) is 0.296. The summed E-state index contributed by atoms with van der Waals surface area (Å²) in [5, 5.41) is 14.1. The highest BCUT2D eigenvalue weighted by Crippen LogP contribution is 2.28. The van der Waals surface area contributed by atoms with Crippen LogP contribution in [0.2, 0.25) is 5.02 Å². The topological polar surface area (TPSA) is 77.5 Å². The van der Waals surface area contributed by atoms with E-state index in [1.807, 2.05) is 0 Å². The molecule has 1 aromatic heterocycles. The van der Waals surface area contributed by atoms with E-state index in [0.29, 0.717) is 28.8 Å². The number of furan rings is 1. The maximum absolute atomic E-state index is 10.5. The summed E-state index contributed by atoms with van der Waals surface area (Å²) in [5.74, 6) is 0.800. The highest BCUT2D eigenvalue weighted by atomic mass is 35.5. The van der Waals surface area contributed by atoms with Crippen molar-refractivity contribution < 1.29 is 14.1 Å². The van der Waals surface area contributed by atoms with Gasteiger partial charge in [0.1, 0.15) is 16.4 Å². The zero-order valence-corrected chi connectivity index (χ0v) is 10.8. The SMILES string of the molecule is COc1ccc(Cl)cc1NCc1ccc([N+](=O)[O-])o1. The third kappa shape index (κ3) is 3.17. The highest BCUT2D eigenvalue weighted by Gasteiger charge is 2.12. The third-order valence-corrected chi connectivity index (χ3v) is 2.68. The van der Waals surface area contributed by atoms with Gasteiger partial charge in [-0.15, -0.1) is 0 Å². The van der Waals surface area contributed by atoms with E-state index >= 15 is 0 Å². The van der Waals surface area contributed by atoms with Crippen molar-refractivity contribution in [2.45, 2.75) is 6.54 Å². The van der Waals surface area contributed by atoms with E-state index < -0.39 is 4.92 Å². The number of methoxy groups -OCH3 is 1. The highest BCUT2D eigenvalue weighted by molar-refractivity contribution is 6.30. The fourth-order valence-corrected chi connectivity index (χ4v) is 1.73. The molecule has 100 valence electrons. The largest absolute Gasteiger partial charge is 0.495 e. The number of ether oxygens (including phenoxy) is 1. The van der Waals surface area contributed by atoms with Crippen molar-refractivity contribution in [3.05, 3.63) is 51.2 Å². The molecule has 7 heteroatoms. The van der Waals surface area contributed by atoms with Crippen LogP contribution in [0.5, 0.6) is 5.75 Å². The quantitative estimate of drug-likeness (QED) is 0.671. The third-order valence-electron chi connectivity index (χ3n) is 2.44. The molecule has 6 nitrogen and oxygen atoms in total. The minimum atomic E-state index is -0.580. The number of nitro groups is 1. The monoisotopic (exact) mass is 282 g/mol. The zero-order valence-electron chi connectivity index (χ0n) is 10.1. The number of nitrogens with one attached hydrogen (secondary N) is 1. The molecule has 0 radical (unpaired) electrons. The van der Waals surface area contributed by atoms with Crippen molar-refractivity contribution in [3.63, 3.8) is 0 Å². The molecule has 1 heterocycles. The minimum Gasteiger partial charge on any atom is -0.495 e. The van der Waals surface area contributed by atoms with Gasteiger partial charge in [0.25, 0.3) is 0 Å². The summed E-state index contributed by atoms with van der Waals surface area (Å²) in [6.07, 6.45) is 0. The summed E-state index contributed by atoms with van der Waals surface area (Å²) in [6, 6.07) is 8.00. The van der Waals surface area contributed by atoms with Gasteiger partial charge in [-0.25, -0.2) is 0 Å². The molecule has 2 rings (SSSR count). The van der Waals surface area contributed by atoms with Gasteiger partial charge in [-0.1, -0.05) is 11.6 Å². The Kier molecular flexibility index (Phi) is 3.91. The number of benzene rings is 1. The number of rotatable bonds is 5. The first kappa shape index (κ1) is 13.2. The smallest absolute Gasteiger partial charge is 0.433 e. The van der Waals surface area contributed by atoms with Crippen LogP contribution in [0, 0.1) is 10.1 Å². The Hall–Kier alpha value is -2.21. The Bertz CT molecular complexity index is 597. The van der Waals surface area contributed by atoms with Crippen molar-refractivity contribution >= 4 is 23.2 Å². The average Bonchev–Trinajstić information content (AvgIpc) is 2.85. The second-order valence-electron chi connectivity index (χ2n) is 3.70. The Morgan fingerprint density at radius 3 is 2.84 bits per heavy atom. The molecule has 19 heavy (non-hydrogen) atoms. The fraction of sp³-hybridized carbons (Fsp3) is 0.167. The van der Waals surface area contributed by atoms with Crippen LogP contribution in [0.4, 0.5) is 11.6 Å². The lowest BCUT2D eigenvalue weighted by atomic mass is 10.3. The van der Waals surface area contributed by atoms with Crippen LogP contribution in [0.15, 0.2) is 34.7 Å². The van der Waals surface area contributed by atoms with E-state index in [1.54, 1.807) is 31.4 Å². The lowest BCUT2D eigenvalue weighted by Crippen LogP contribution is -2.00. The molecule has 0 spiro atoms. The Morgan fingerprint density at radius 2 is 2.21 bits per heavy atom. The lowest BCUT2D eigenvalue weighted by molar-refractivity contribution is -0.402. The van der Waals surface area contributed by atoms with Crippen LogP contribution < -0.4 is 10.1 Å². The van der Waals surface area contributed by atoms with Gasteiger partial charge in [0, 0.05) is 5.02 Å². The van der Waals surface area contributed by atoms with E-state index in [-0.39, 0.29) is 5.88 Å². The molecule has 0 aliphatic carbocycles. The molecule has 1 N–H and O–H groups in total. The fourth-order valence-electron chi connectivity index (χ4n) is 1.56. The number of hydrogen-bond donors (Lipinski definition) is 1. The molecule has 0 saturated heterocycles. The molecule has 0 aliphatic rings. The van der Waals surface area contributed by atoms with Gasteiger partial charge in [0.2, 0.25) is 0 Å². The summed E-state index contributed by atoms with van der Waals surface area (Å²) in [5.41, 5.74) is 0.689. The van der Waals surface area contributed by atoms with Crippen molar-refractivity contribution in [1.82, 2.24) is 0 Å². The zero-order chi connectivity index (χ0) is 13.8. The van der Waals surface area contributed by atoms with Crippen LogP contribution in [-0.2, 0) is 6.54 Å². The number of hydrogen-bond acceptors (Lipinski definition) is 5. The number of nitrogens with zero attached hydrogens (tertiary/aromatic N) is 1. The van der Waals surface area contributed by atoms with E-state index in [9.17, 15) is 10.1 Å². The molecule has 1 aromatic carbocycles. The maximum Gasteiger partial charge on any atom is 0.433 e. The van der Waals surface area contributed by atoms with Gasteiger partial charge in [-0.3, -0.25) is 10.1 Å². The predicted molar refractivity (Wildman–Crippen MR) is 70.7 cm³/mol. The van der Waals surface area contributed by atoms with Crippen LogP contribution in [0.3, 0.4) is 0 Å². The van der Waals surface area contributed by atoms with Gasteiger partial charge < -0.3 is 14.5 Å². The predicted octanol–water partition coefficient (Wildman–Crippen LogP) is 3.46. The number of anilines is 1. The molecule has 0 unspecified atom stereocenters. The molecule has 0 saturated carbocycles. The first-order valence-corrected chi connectivity index (χ1v) is 5.78. The Balaban J connectivity index is 2.09. The maximum atomic E-state index is 10.5. The Labute approximate surface area is 114 Å². The number of halogens is 1. The van der Waals surface area contributed by atoms with E-state index in [4.69, 9.17) is 20.8 Å². The van der Waals surface area contributed by atoms with Crippen molar-refractivity contribution in [2.24, 2.45) is 0 Å². The van der Waals surface area contributed by atoms with Gasteiger partial charge >= 0.3 is 5.88 Å². The molecule has 0 aliphatic heterocycles. The average molecular weight is 283 g/mol. The molecule has 2 aromatic rings. The molecular formula is C12H11ClN2O4. The van der Waals surface area contributed by atoms with Gasteiger partial charge in [-0.05, 0) is 24.3 Å². The normalized spacial score (nSPS) is 10.2. The van der Waals surface area contributed by atoms with Crippen LogP contribution in [-0.4, -0.2) is 12.0 Å². The Morgan fingerprint density at radius 1 is 1.42 bits per heavy atom. The van der Waals surface area contributed by atoms with Gasteiger partial charge in [0.15, 0.2) is 0 Å². The molecular weight excluding hydrogens is 272 g/mol. The van der Waals surface area contributed by atoms with Crippen molar-refractivity contribution in [1.29, 1.82) is 0 Å². The molecule has 0 amide bonds. The van der Waals surface area contributed by atoms with E-state index in [0.717, 1.165) is 0 Å². The van der Waals surface area contributed by atoms with Crippen molar-refractivity contribution in [2.75, 3.05) is 12.4 Å². The second kappa shape index (κ2) is 5.62. The summed E-state index contributed by atoms with van der Waals surface area (Å²) < 4.78 is 10.2. The summed E-state index contributed by atoms with van der Waals surface area (Å²) in [4.78, 5) is 9.91. The molecule has 0 atom stereocenters. The second-order valence-corrected chi connectivity index (χ2v) is 4.13. The minimum absolute atomic E-state index is 0.283. The van der Waals surface area contributed by atoms with Crippen LogP contribution in [0.1, 0.15) is 5.76 Å². The summed E-state index contributed by atoms with van der Waals surface area (Å²) >= 11 is 5.89. The first-order valence-electron chi connectivity index (χ1n) is 5.40. The van der Waals surface area contributed by atoms with Crippen molar-refractivity contribution in [3.8, 4) is 5.75 Å². The standard InChI is InChI=1S/C12H11ClN2O4/c1-18-11-4-2-8(13)6-10(11)14-7-9-3-5-12(19-9)15(16)17/h2-6,14H,7H2,1H3. The molecule has 0 bridgehead atoms. The first-order chi connectivity index (χ1) is 9.10. The molecule has 0 fully saturated rings. The van der Waals surface area contributed by atoms with E-state index in [2.05, 4.69) is 5.32 Å². The van der Waals surface area contributed by atoms with Gasteiger partial charge in [-0.2, -0.15) is 0 Å². The lowest BCUT2D eigenvalue weighted by Gasteiger charge is -2.10. The van der Waals surface area contributed by atoms with Crippen LogP contribution in [0.25, 0.3) is 0 Å². The van der Waals surface area contributed by atoms with Crippen LogP contribution >= 0.6 is 11.6 Å². The van der Waals surface area contributed by atoms with E-state index in [1.165, 1.54) is 6.07 Å².